The van der Waals surface area contributed by atoms with Crippen LogP contribution in [0.1, 0.15) is 23.7 Å². The van der Waals surface area contributed by atoms with E-state index in [2.05, 4.69) is 15.2 Å². The summed E-state index contributed by atoms with van der Waals surface area (Å²) in [6.07, 6.45) is 5.97. The third-order valence-corrected chi connectivity index (χ3v) is 4.33. The predicted octanol–water partition coefficient (Wildman–Crippen LogP) is 2.94. The van der Waals surface area contributed by atoms with Crippen molar-refractivity contribution in [2.75, 3.05) is 13.7 Å². The van der Waals surface area contributed by atoms with Crippen LogP contribution in [0.3, 0.4) is 0 Å². The Labute approximate surface area is 157 Å². The Morgan fingerprint density at radius 2 is 2.15 bits per heavy atom. The number of allylic oxidation sites excluding steroid dienone is 1. The Bertz CT molecular complexity index is 993. The summed E-state index contributed by atoms with van der Waals surface area (Å²) in [6.45, 7) is 2.59. The van der Waals surface area contributed by atoms with Gasteiger partial charge >= 0.3 is 0 Å². The molecule has 0 bridgehead atoms. The first-order chi connectivity index (χ1) is 13.2. The fourth-order valence-electron chi connectivity index (χ4n) is 3.08. The SMILES string of the molecule is CCN=C(C=CN)c1ccc(CCc2c(F)cccc2OC)n2cnnc12. The third kappa shape index (κ3) is 3.81. The van der Waals surface area contributed by atoms with Gasteiger partial charge in [-0.15, -0.1) is 10.2 Å². The lowest BCUT2D eigenvalue weighted by molar-refractivity contribution is 0.404. The molecule has 2 N–H and O–H groups in total. The van der Waals surface area contributed by atoms with Gasteiger partial charge in [-0.2, -0.15) is 0 Å². The monoisotopic (exact) mass is 367 g/mol. The van der Waals surface area contributed by atoms with Crippen LogP contribution in [-0.2, 0) is 12.8 Å². The Morgan fingerprint density at radius 3 is 2.89 bits per heavy atom. The fourth-order valence-corrected chi connectivity index (χ4v) is 3.08. The topological polar surface area (TPSA) is 77.8 Å². The molecular weight excluding hydrogens is 345 g/mol. The molecule has 0 atom stereocenters. The van der Waals surface area contributed by atoms with E-state index in [-0.39, 0.29) is 5.82 Å². The molecule has 6 nitrogen and oxygen atoms in total. The van der Waals surface area contributed by atoms with E-state index in [4.69, 9.17) is 10.5 Å². The molecule has 0 saturated carbocycles. The number of aliphatic imine (C=N–C) groups is 1. The zero-order valence-electron chi connectivity index (χ0n) is 15.4. The summed E-state index contributed by atoms with van der Waals surface area (Å²) in [5.74, 6) is 0.286. The molecule has 0 unspecified atom stereocenters. The molecule has 1 aromatic carbocycles. The van der Waals surface area contributed by atoms with Gasteiger partial charge in [0.25, 0.3) is 0 Å². The molecule has 3 rings (SSSR count). The van der Waals surface area contributed by atoms with Crippen LogP contribution in [0.2, 0.25) is 0 Å². The molecule has 0 saturated heterocycles. The number of benzene rings is 1. The van der Waals surface area contributed by atoms with Crippen molar-refractivity contribution in [2.45, 2.75) is 19.8 Å². The van der Waals surface area contributed by atoms with Gasteiger partial charge in [0.2, 0.25) is 0 Å². The van der Waals surface area contributed by atoms with Crippen LogP contribution in [-0.4, -0.2) is 34.0 Å². The Hall–Kier alpha value is -3.22. The third-order valence-electron chi connectivity index (χ3n) is 4.33. The maximum absolute atomic E-state index is 14.2. The lowest BCUT2D eigenvalue weighted by Gasteiger charge is -2.11. The molecule has 7 heteroatoms. The van der Waals surface area contributed by atoms with E-state index in [0.29, 0.717) is 36.3 Å². The molecule has 3 aromatic rings. The van der Waals surface area contributed by atoms with Gasteiger partial charge in [-0.3, -0.25) is 9.39 Å². The van der Waals surface area contributed by atoms with Gasteiger partial charge in [0.05, 0.1) is 12.8 Å². The van der Waals surface area contributed by atoms with E-state index in [1.807, 2.05) is 23.5 Å². The van der Waals surface area contributed by atoms with Crippen molar-refractivity contribution in [2.24, 2.45) is 10.7 Å². The molecule has 140 valence electrons. The molecule has 2 heterocycles. The number of fused-ring (bicyclic) bond motifs is 1. The number of aryl methyl sites for hydroxylation is 1. The smallest absolute Gasteiger partial charge is 0.170 e. The predicted molar refractivity (Wildman–Crippen MR) is 104 cm³/mol. The van der Waals surface area contributed by atoms with Crippen molar-refractivity contribution < 1.29 is 9.13 Å². The summed E-state index contributed by atoms with van der Waals surface area (Å²) in [4.78, 5) is 4.47. The van der Waals surface area contributed by atoms with E-state index in [1.165, 1.54) is 12.3 Å². The number of rotatable bonds is 7. The van der Waals surface area contributed by atoms with Crippen LogP contribution in [0, 0.1) is 5.82 Å². The van der Waals surface area contributed by atoms with Crippen molar-refractivity contribution in [3.63, 3.8) is 0 Å². The highest BCUT2D eigenvalue weighted by molar-refractivity contribution is 6.12. The van der Waals surface area contributed by atoms with Crippen LogP contribution >= 0.6 is 0 Å². The van der Waals surface area contributed by atoms with Gasteiger partial charge in [0, 0.05) is 23.4 Å². The first-order valence-electron chi connectivity index (χ1n) is 8.75. The second kappa shape index (κ2) is 8.44. The molecule has 2 aromatic heterocycles. The highest BCUT2D eigenvalue weighted by atomic mass is 19.1. The molecule has 0 radical (unpaired) electrons. The number of ether oxygens (including phenoxy) is 1. The fraction of sp³-hybridized carbons (Fsp3) is 0.250. The van der Waals surface area contributed by atoms with Crippen molar-refractivity contribution >= 4 is 11.4 Å². The maximum atomic E-state index is 14.2. The summed E-state index contributed by atoms with van der Waals surface area (Å²) in [5, 5.41) is 8.27. The average molecular weight is 367 g/mol. The van der Waals surface area contributed by atoms with E-state index in [0.717, 1.165) is 17.0 Å². The molecule has 0 aliphatic heterocycles. The minimum Gasteiger partial charge on any atom is -0.496 e. The first kappa shape index (κ1) is 18.6. The zero-order chi connectivity index (χ0) is 19.2. The zero-order valence-corrected chi connectivity index (χ0v) is 15.4. The largest absolute Gasteiger partial charge is 0.496 e. The number of hydrogen-bond donors (Lipinski definition) is 1. The minimum atomic E-state index is -0.267. The number of halogens is 1. The Morgan fingerprint density at radius 1 is 1.30 bits per heavy atom. The average Bonchev–Trinajstić information content (AvgIpc) is 3.16. The number of nitrogens with two attached hydrogens (primary N) is 1. The molecule has 0 fully saturated rings. The van der Waals surface area contributed by atoms with E-state index >= 15 is 0 Å². The molecule has 0 aliphatic carbocycles. The second-order valence-corrected chi connectivity index (χ2v) is 5.90. The van der Waals surface area contributed by atoms with Gasteiger partial charge in [-0.25, -0.2) is 4.39 Å². The van der Waals surface area contributed by atoms with Gasteiger partial charge in [0.15, 0.2) is 5.65 Å². The highest BCUT2D eigenvalue weighted by Gasteiger charge is 2.14. The first-order valence-corrected chi connectivity index (χ1v) is 8.75. The number of aromatic nitrogens is 3. The maximum Gasteiger partial charge on any atom is 0.170 e. The van der Waals surface area contributed by atoms with Gasteiger partial charge in [0.1, 0.15) is 17.9 Å². The number of hydrogen-bond acceptors (Lipinski definition) is 5. The van der Waals surface area contributed by atoms with Crippen LogP contribution in [0.25, 0.3) is 5.65 Å². The van der Waals surface area contributed by atoms with Gasteiger partial charge < -0.3 is 10.5 Å². The standard InChI is InChI=1S/C20H22FN5O/c1-3-23-18(11-12-22)16-10-8-14(26-13-24-25-20(16)26)7-9-15-17(21)5-4-6-19(15)27-2/h4-6,8,10-13H,3,7,9,22H2,1-2H3. The lowest BCUT2D eigenvalue weighted by Crippen LogP contribution is -2.07. The highest BCUT2D eigenvalue weighted by Crippen LogP contribution is 2.23. The van der Waals surface area contributed by atoms with Crippen molar-refractivity contribution in [3.8, 4) is 5.75 Å². The Kier molecular flexibility index (Phi) is 5.80. The quantitative estimate of drug-likeness (QED) is 0.651. The van der Waals surface area contributed by atoms with Crippen LogP contribution in [0.5, 0.6) is 5.75 Å². The molecule has 0 aliphatic rings. The summed E-state index contributed by atoms with van der Waals surface area (Å²) in [7, 11) is 1.55. The second-order valence-electron chi connectivity index (χ2n) is 5.90. The molecular formula is C20H22FN5O. The lowest BCUT2D eigenvalue weighted by atomic mass is 10.0. The van der Waals surface area contributed by atoms with Crippen LogP contribution in [0.4, 0.5) is 4.39 Å². The molecule has 0 spiro atoms. The van der Waals surface area contributed by atoms with Crippen LogP contribution < -0.4 is 10.5 Å². The summed E-state index contributed by atoms with van der Waals surface area (Å²) in [6, 6.07) is 8.79. The van der Waals surface area contributed by atoms with Crippen molar-refractivity contribution in [1.82, 2.24) is 14.6 Å². The minimum absolute atomic E-state index is 0.267. The van der Waals surface area contributed by atoms with Crippen LogP contribution in [0.15, 0.2) is 53.9 Å². The van der Waals surface area contributed by atoms with Crippen molar-refractivity contribution in [3.05, 3.63) is 71.6 Å². The van der Waals surface area contributed by atoms with E-state index in [9.17, 15) is 4.39 Å². The Balaban J connectivity index is 1.95. The normalized spacial score (nSPS) is 12.2. The summed E-state index contributed by atoms with van der Waals surface area (Å²) in [5.41, 5.74) is 9.37. The number of pyridine rings is 1. The van der Waals surface area contributed by atoms with Gasteiger partial charge in [-0.05, 0) is 56.3 Å². The summed E-state index contributed by atoms with van der Waals surface area (Å²) >= 11 is 0. The number of methoxy groups -OCH3 is 1. The summed E-state index contributed by atoms with van der Waals surface area (Å²) < 4.78 is 21.4. The van der Waals surface area contributed by atoms with E-state index in [1.54, 1.807) is 31.6 Å². The molecule has 0 amide bonds. The van der Waals surface area contributed by atoms with Gasteiger partial charge in [-0.1, -0.05) is 6.07 Å². The number of nitrogens with zero attached hydrogens (tertiary/aromatic N) is 4. The molecule has 27 heavy (non-hydrogen) atoms. The van der Waals surface area contributed by atoms with E-state index < -0.39 is 0 Å². The van der Waals surface area contributed by atoms with Crippen molar-refractivity contribution in [1.29, 1.82) is 0 Å².